The molecular weight excluding hydrogens is 236 g/mol. The van der Waals surface area contributed by atoms with Gasteiger partial charge in [0.25, 0.3) is 0 Å². The first-order chi connectivity index (χ1) is 8.97. The van der Waals surface area contributed by atoms with Crippen LogP contribution in [-0.4, -0.2) is 5.11 Å². The van der Waals surface area contributed by atoms with Crippen molar-refractivity contribution in [1.29, 1.82) is 0 Å². The third-order valence-electron chi connectivity index (χ3n) is 3.02. The predicted molar refractivity (Wildman–Crippen MR) is 77.7 cm³/mol. The van der Waals surface area contributed by atoms with Gasteiger partial charge in [0.15, 0.2) is 0 Å². The Morgan fingerprint density at radius 2 is 1.42 bits per heavy atom. The monoisotopic (exact) mass is 254 g/mol. The fourth-order valence-electron chi connectivity index (χ4n) is 2.15. The van der Waals surface area contributed by atoms with E-state index in [1.807, 2.05) is 32.9 Å². The number of nitrogens with zero attached hydrogens (tertiary/aromatic N) is 2. The predicted octanol–water partition coefficient (Wildman–Crippen LogP) is 5.04. The Balaban J connectivity index is 2.41. The van der Waals surface area contributed by atoms with Crippen molar-refractivity contribution in [1.82, 2.24) is 0 Å². The highest BCUT2D eigenvalue weighted by atomic mass is 16.3. The minimum Gasteiger partial charge on any atom is -0.506 e. The molecule has 2 aromatic rings. The molecular formula is C16H18N2O. The number of hydrogen-bond acceptors (Lipinski definition) is 3. The van der Waals surface area contributed by atoms with E-state index in [2.05, 4.69) is 29.3 Å². The molecule has 0 radical (unpaired) electrons. The summed E-state index contributed by atoms with van der Waals surface area (Å²) in [5.41, 5.74) is 5.81. The summed E-state index contributed by atoms with van der Waals surface area (Å²) in [6.07, 6.45) is 0. The third-order valence-corrected chi connectivity index (χ3v) is 3.02. The van der Waals surface area contributed by atoms with Gasteiger partial charge in [-0.05, 0) is 56.5 Å². The molecule has 0 unspecified atom stereocenters. The van der Waals surface area contributed by atoms with Crippen LogP contribution in [0.5, 0.6) is 5.75 Å². The van der Waals surface area contributed by atoms with E-state index in [0.29, 0.717) is 5.69 Å². The topological polar surface area (TPSA) is 45.0 Å². The summed E-state index contributed by atoms with van der Waals surface area (Å²) >= 11 is 0. The number of aromatic hydroxyl groups is 1. The van der Waals surface area contributed by atoms with Crippen LogP contribution in [0, 0.1) is 27.7 Å². The highest BCUT2D eigenvalue weighted by molar-refractivity contribution is 5.56. The number of hydrogen-bond donors (Lipinski definition) is 1. The van der Waals surface area contributed by atoms with Gasteiger partial charge in [0.1, 0.15) is 11.4 Å². The minimum atomic E-state index is 0.150. The Kier molecular flexibility index (Phi) is 3.65. The van der Waals surface area contributed by atoms with Gasteiger partial charge in [-0.25, -0.2) is 0 Å². The van der Waals surface area contributed by atoms with E-state index in [9.17, 15) is 5.11 Å². The van der Waals surface area contributed by atoms with Crippen molar-refractivity contribution in [3.05, 3.63) is 52.6 Å². The van der Waals surface area contributed by atoms with Crippen LogP contribution in [0.2, 0.25) is 0 Å². The lowest BCUT2D eigenvalue weighted by atomic mass is 10.1. The van der Waals surface area contributed by atoms with E-state index < -0.39 is 0 Å². The van der Waals surface area contributed by atoms with Crippen molar-refractivity contribution < 1.29 is 5.11 Å². The average molecular weight is 254 g/mol. The van der Waals surface area contributed by atoms with Crippen molar-refractivity contribution in [2.45, 2.75) is 27.7 Å². The molecule has 0 saturated carbocycles. The largest absolute Gasteiger partial charge is 0.506 e. The Bertz CT molecular complexity index is 622. The van der Waals surface area contributed by atoms with E-state index in [0.717, 1.165) is 22.4 Å². The fraction of sp³-hybridized carbons (Fsp3) is 0.250. The Labute approximate surface area is 113 Å². The molecule has 0 aromatic heterocycles. The van der Waals surface area contributed by atoms with Crippen LogP contribution in [0.15, 0.2) is 40.6 Å². The van der Waals surface area contributed by atoms with Crippen LogP contribution in [-0.2, 0) is 0 Å². The summed E-state index contributed by atoms with van der Waals surface area (Å²) in [7, 11) is 0. The molecule has 0 bridgehead atoms. The quantitative estimate of drug-likeness (QED) is 0.749. The van der Waals surface area contributed by atoms with E-state index >= 15 is 0 Å². The molecule has 2 rings (SSSR count). The molecule has 0 fully saturated rings. The number of rotatable bonds is 2. The summed E-state index contributed by atoms with van der Waals surface area (Å²) in [5.74, 6) is 0.150. The molecule has 19 heavy (non-hydrogen) atoms. The van der Waals surface area contributed by atoms with Crippen molar-refractivity contribution in [3.63, 3.8) is 0 Å². The summed E-state index contributed by atoms with van der Waals surface area (Å²) in [6, 6.07) is 9.46. The molecule has 0 heterocycles. The van der Waals surface area contributed by atoms with Gasteiger partial charge < -0.3 is 5.11 Å². The second kappa shape index (κ2) is 5.22. The summed E-state index contributed by atoms with van der Waals surface area (Å²) in [5, 5.41) is 18.2. The minimum absolute atomic E-state index is 0.150. The van der Waals surface area contributed by atoms with Crippen LogP contribution in [0.1, 0.15) is 22.3 Å². The van der Waals surface area contributed by atoms with Crippen LogP contribution >= 0.6 is 0 Å². The van der Waals surface area contributed by atoms with Gasteiger partial charge in [-0.1, -0.05) is 23.8 Å². The van der Waals surface area contributed by atoms with E-state index in [4.69, 9.17) is 0 Å². The molecule has 3 heteroatoms. The molecule has 98 valence electrons. The maximum Gasteiger partial charge on any atom is 0.143 e. The van der Waals surface area contributed by atoms with E-state index in [-0.39, 0.29) is 5.75 Å². The standard InChI is InChI=1S/C16H18N2O/c1-10-5-6-15(19)14(9-10)17-18-16-12(3)7-11(2)8-13(16)4/h5-9,19H,1-4H3. The van der Waals surface area contributed by atoms with Crippen LogP contribution in [0.25, 0.3) is 0 Å². The van der Waals surface area contributed by atoms with Gasteiger partial charge >= 0.3 is 0 Å². The number of benzene rings is 2. The zero-order valence-corrected chi connectivity index (χ0v) is 11.7. The van der Waals surface area contributed by atoms with Crippen molar-refractivity contribution in [3.8, 4) is 5.75 Å². The second-order valence-corrected chi connectivity index (χ2v) is 4.94. The Morgan fingerprint density at radius 3 is 2.05 bits per heavy atom. The van der Waals surface area contributed by atoms with Gasteiger partial charge in [-0.3, -0.25) is 0 Å². The SMILES string of the molecule is Cc1cc(C)c(N=Nc2cc(C)ccc2O)c(C)c1. The van der Waals surface area contributed by atoms with Gasteiger partial charge in [0.2, 0.25) is 0 Å². The highest BCUT2D eigenvalue weighted by Gasteiger charge is 2.04. The van der Waals surface area contributed by atoms with Gasteiger partial charge in [-0.2, -0.15) is 0 Å². The van der Waals surface area contributed by atoms with Crippen molar-refractivity contribution >= 4 is 11.4 Å². The third kappa shape index (κ3) is 2.99. The Hall–Kier alpha value is -2.16. The molecule has 1 N–H and O–H groups in total. The average Bonchev–Trinajstić information content (AvgIpc) is 2.32. The zero-order chi connectivity index (χ0) is 14.0. The molecule has 0 saturated heterocycles. The first-order valence-corrected chi connectivity index (χ1v) is 6.26. The number of aryl methyl sites for hydroxylation is 4. The van der Waals surface area contributed by atoms with Crippen LogP contribution in [0.3, 0.4) is 0 Å². The van der Waals surface area contributed by atoms with Gasteiger partial charge in [0.05, 0.1) is 5.69 Å². The fourth-order valence-corrected chi connectivity index (χ4v) is 2.15. The Morgan fingerprint density at radius 1 is 0.789 bits per heavy atom. The molecule has 3 nitrogen and oxygen atoms in total. The van der Waals surface area contributed by atoms with Gasteiger partial charge in [-0.15, -0.1) is 10.2 Å². The molecule has 0 atom stereocenters. The first kappa shape index (κ1) is 13.3. The number of phenolic OH excluding ortho intramolecular Hbond substituents is 1. The van der Waals surface area contributed by atoms with Crippen LogP contribution in [0.4, 0.5) is 11.4 Å². The molecule has 0 amide bonds. The highest BCUT2D eigenvalue weighted by Crippen LogP contribution is 2.31. The second-order valence-electron chi connectivity index (χ2n) is 4.94. The normalized spacial score (nSPS) is 11.2. The molecule has 0 aliphatic rings. The smallest absolute Gasteiger partial charge is 0.143 e. The number of azo groups is 1. The van der Waals surface area contributed by atoms with Crippen molar-refractivity contribution in [2.24, 2.45) is 10.2 Å². The number of phenols is 1. The van der Waals surface area contributed by atoms with Gasteiger partial charge in [0, 0.05) is 0 Å². The molecule has 0 spiro atoms. The molecule has 0 aliphatic heterocycles. The van der Waals surface area contributed by atoms with Crippen molar-refractivity contribution in [2.75, 3.05) is 0 Å². The lowest BCUT2D eigenvalue weighted by molar-refractivity contribution is 0.476. The lowest BCUT2D eigenvalue weighted by Crippen LogP contribution is -1.82. The summed E-state index contributed by atoms with van der Waals surface area (Å²) in [6.45, 7) is 8.06. The maximum atomic E-state index is 9.74. The first-order valence-electron chi connectivity index (χ1n) is 6.26. The van der Waals surface area contributed by atoms with E-state index in [1.54, 1.807) is 6.07 Å². The zero-order valence-electron chi connectivity index (χ0n) is 11.7. The van der Waals surface area contributed by atoms with E-state index in [1.165, 1.54) is 5.56 Å². The summed E-state index contributed by atoms with van der Waals surface area (Å²) < 4.78 is 0. The maximum absolute atomic E-state index is 9.74. The lowest BCUT2D eigenvalue weighted by Gasteiger charge is -2.05. The summed E-state index contributed by atoms with van der Waals surface area (Å²) in [4.78, 5) is 0. The van der Waals surface area contributed by atoms with Crippen LogP contribution < -0.4 is 0 Å². The molecule has 0 aliphatic carbocycles. The molecule has 2 aromatic carbocycles.